The van der Waals surface area contributed by atoms with E-state index in [0.29, 0.717) is 5.75 Å². The summed E-state index contributed by atoms with van der Waals surface area (Å²) in [6, 6.07) is 5.55. The number of hydrogen-bond acceptors (Lipinski definition) is 3. The van der Waals surface area contributed by atoms with E-state index in [1.54, 1.807) is 0 Å². The molecule has 1 aromatic carbocycles. The minimum Gasteiger partial charge on any atom is -0.483 e. The Balaban J connectivity index is 1.98. The Morgan fingerprint density at radius 3 is 2.75 bits per heavy atom. The van der Waals surface area contributed by atoms with Gasteiger partial charge in [-0.3, -0.25) is 4.79 Å². The Morgan fingerprint density at radius 2 is 2.10 bits per heavy atom. The Morgan fingerprint density at radius 1 is 1.40 bits per heavy atom. The lowest BCUT2D eigenvalue weighted by molar-refractivity contribution is -0.134. The summed E-state index contributed by atoms with van der Waals surface area (Å²) in [6.45, 7) is 3.69. The molecular weight excluding hydrogens is 320 g/mol. The number of piperidine rings is 1. The van der Waals surface area contributed by atoms with Crippen LogP contribution in [-0.2, 0) is 4.79 Å². The zero-order valence-electron chi connectivity index (χ0n) is 11.8. The molecule has 1 fully saturated rings. The van der Waals surface area contributed by atoms with Crippen molar-refractivity contribution >= 4 is 21.8 Å². The zero-order chi connectivity index (χ0) is 14.5. The molecule has 1 saturated heterocycles. The van der Waals surface area contributed by atoms with Crippen molar-refractivity contribution in [1.29, 1.82) is 0 Å². The van der Waals surface area contributed by atoms with Crippen molar-refractivity contribution in [3.63, 3.8) is 0 Å². The van der Waals surface area contributed by atoms with Crippen molar-refractivity contribution in [2.45, 2.75) is 32.2 Å². The summed E-state index contributed by atoms with van der Waals surface area (Å²) in [5, 5.41) is 0. The molecule has 20 heavy (non-hydrogen) atoms. The van der Waals surface area contributed by atoms with Crippen LogP contribution in [0.5, 0.6) is 5.75 Å². The number of rotatable bonds is 4. The summed E-state index contributed by atoms with van der Waals surface area (Å²) in [5.74, 6) is 0.747. The highest BCUT2D eigenvalue weighted by atomic mass is 79.9. The van der Waals surface area contributed by atoms with Gasteiger partial charge in [0, 0.05) is 29.2 Å². The summed E-state index contributed by atoms with van der Waals surface area (Å²) >= 11 is 3.42. The Kier molecular flexibility index (Phi) is 5.43. The lowest BCUT2D eigenvalue weighted by Crippen LogP contribution is -2.38. The van der Waals surface area contributed by atoms with Crippen LogP contribution in [0.3, 0.4) is 0 Å². The first kappa shape index (κ1) is 15.3. The lowest BCUT2D eigenvalue weighted by Gasteiger charge is -2.26. The number of carbonyl (C=O) groups excluding carboxylic acids is 1. The maximum Gasteiger partial charge on any atom is 0.260 e. The molecule has 0 unspecified atom stereocenters. The number of nitrogens with zero attached hydrogens (tertiary/aromatic N) is 1. The van der Waals surface area contributed by atoms with Crippen LogP contribution in [0, 0.1) is 0 Å². The molecular formula is C15H21BrN2O2. The topological polar surface area (TPSA) is 55.6 Å². The van der Waals surface area contributed by atoms with E-state index in [4.69, 9.17) is 10.5 Å². The van der Waals surface area contributed by atoms with Crippen molar-refractivity contribution < 1.29 is 9.53 Å². The fraction of sp³-hybridized carbons (Fsp3) is 0.533. The fourth-order valence-corrected chi connectivity index (χ4v) is 2.76. The van der Waals surface area contributed by atoms with Crippen molar-refractivity contribution in [2.24, 2.45) is 5.73 Å². The molecule has 1 heterocycles. The summed E-state index contributed by atoms with van der Waals surface area (Å²) in [7, 11) is 0. The number of halogens is 1. The normalized spacial score (nSPS) is 16.9. The summed E-state index contributed by atoms with van der Waals surface area (Å²) < 4.78 is 6.63. The molecule has 2 rings (SSSR count). The van der Waals surface area contributed by atoms with Gasteiger partial charge in [0.2, 0.25) is 0 Å². The third-order valence-electron chi connectivity index (χ3n) is 3.52. The first-order valence-corrected chi connectivity index (χ1v) is 7.83. The predicted octanol–water partition coefficient (Wildman–Crippen LogP) is 2.86. The van der Waals surface area contributed by atoms with Gasteiger partial charge in [-0.1, -0.05) is 15.9 Å². The Hall–Kier alpha value is -1.07. The number of carbonyl (C=O) groups is 1. The number of likely N-dealkylation sites (tertiary alicyclic amines) is 1. The van der Waals surface area contributed by atoms with E-state index in [1.165, 1.54) is 6.42 Å². The molecule has 1 aliphatic heterocycles. The minimum absolute atomic E-state index is 0.0586. The molecule has 1 aliphatic rings. The van der Waals surface area contributed by atoms with E-state index < -0.39 is 0 Å². The summed E-state index contributed by atoms with van der Waals surface area (Å²) in [6.07, 6.45) is 3.40. The molecule has 2 N–H and O–H groups in total. The monoisotopic (exact) mass is 340 g/mol. The smallest absolute Gasteiger partial charge is 0.260 e. The molecule has 0 saturated carbocycles. The van der Waals surface area contributed by atoms with Crippen LogP contribution in [0.1, 0.15) is 37.8 Å². The van der Waals surface area contributed by atoms with Crippen molar-refractivity contribution in [3.8, 4) is 5.75 Å². The van der Waals surface area contributed by atoms with Crippen molar-refractivity contribution in [1.82, 2.24) is 4.90 Å². The molecule has 5 heteroatoms. The van der Waals surface area contributed by atoms with E-state index in [-0.39, 0.29) is 18.6 Å². The molecule has 0 aromatic heterocycles. The first-order valence-electron chi connectivity index (χ1n) is 7.03. The van der Waals surface area contributed by atoms with E-state index in [0.717, 1.165) is 36.0 Å². The van der Waals surface area contributed by atoms with Gasteiger partial charge in [-0.2, -0.15) is 0 Å². The standard InChI is InChI=1S/C15H21BrN2O2/c1-11(17)13-9-12(16)5-6-14(13)20-10-15(19)18-7-3-2-4-8-18/h5-6,9,11H,2-4,7-8,10,17H2,1H3/t11-/m1/s1. The van der Waals surface area contributed by atoms with Gasteiger partial charge in [-0.25, -0.2) is 0 Å². The number of amides is 1. The van der Waals surface area contributed by atoms with E-state index in [9.17, 15) is 4.79 Å². The van der Waals surface area contributed by atoms with Gasteiger partial charge in [-0.05, 0) is 44.4 Å². The SMILES string of the molecule is C[C@@H](N)c1cc(Br)ccc1OCC(=O)N1CCCCC1. The maximum atomic E-state index is 12.1. The molecule has 0 spiro atoms. The lowest BCUT2D eigenvalue weighted by atomic mass is 10.1. The third kappa shape index (κ3) is 3.96. The molecule has 1 aromatic rings. The maximum absolute atomic E-state index is 12.1. The van der Waals surface area contributed by atoms with Gasteiger partial charge in [0.25, 0.3) is 5.91 Å². The van der Waals surface area contributed by atoms with Crippen LogP contribution in [0.15, 0.2) is 22.7 Å². The Bertz CT molecular complexity index is 471. The first-order chi connectivity index (χ1) is 9.58. The number of hydrogen-bond donors (Lipinski definition) is 1. The zero-order valence-corrected chi connectivity index (χ0v) is 13.4. The Labute approximate surface area is 128 Å². The number of ether oxygens (including phenoxy) is 1. The molecule has 4 nitrogen and oxygen atoms in total. The summed E-state index contributed by atoms with van der Waals surface area (Å²) in [4.78, 5) is 14.0. The highest BCUT2D eigenvalue weighted by Gasteiger charge is 2.17. The molecule has 0 aliphatic carbocycles. The average Bonchev–Trinajstić information content (AvgIpc) is 2.46. The number of benzene rings is 1. The van der Waals surface area contributed by atoms with Crippen LogP contribution in [0.25, 0.3) is 0 Å². The van der Waals surface area contributed by atoms with Gasteiger partial charge in [0.15, 0.2) is 6.61 Å². The molecule has 1 amide bonds. The number of nitrogens with two attached hydrogens (primary N) is 1. The van der Waals surface area contributed by atoms with Crippen LogP contribution < -0.4 is 10.5 Å². The highest BCUT2D eigenvalue weighted by molar-refractivity contribution is 9.10. The largest absolute Gasteiger partial charge is 0.483 e. The molecule has 110 valence electrons. The van der Waals surface area contributed by atoms with E-state index in [2.05, 4.69) is 15.9 Å². The highest BCUT2D eigenvalue weighted by Crippen LogP contribution is 2.27. The quantitative estimate of drug-likeness (QED) is 0.916. The fourth-order valence-electron chi connectivity index (χ4n) is 2.38. The van der Waals surface area contributed by atoms with Crippen LogP contribution in [0.2, 0.25) is 0 Å². The van der Waals surface area contributed by atoms with Crippen LogP contribution in [0.4, 0.5) is 0 Å². The second-order valence-corrected chi connectivity index (χ2v) is 6.12. The van der Waals surface area contributed by atoms with Crippen molar-refractivity contribution in [2.75, 3.05) is 19.7 Å². The molecule has 0 bridgehead atoms. The van der Waals surface area contributed by atoms with Gasteiger partial charge in [-0.15, -0.1) is 0 Å². The van der Waals surface area contributed by atoms with Gasteiger partial charge in [0.1, 0.15) is 5.75 Å². The van der Waals surface area contributed by atoms with Gasteiger partial charge < -0.3 is 15.4 Å². The third-order valence-corrected chi connectivity index (χ3v) is 4.02. The predicted molar refractivity (Wildman–Crippen MR) is 82.7 cm³/mol. The van der Waals surface area contributed by atoms with E-state index >= 15 is 0 Å². The van der Waals surface area contributed by atoms with Crippen LogP contribution in [-0.4, -0.2) is 30.5 Å². The average molecular weight is 341 g/mol. The summed E-state index contributed by atoms with van der Waals surface area (Å²) in [5.41, 5.74) is 6.84. The van der Waals surface area contributed by atoms with Gasteiger partial charge in [0.05, 0.1) is 0 Å². The van der Waals surface area contributed by atoms with Crippen LogP contribution >= 0.6 is 15.9 Å². The van der Waals surface area contributed by atoms with Gasteiger partial charge >= 0.3 is 0 Å². The van der Waals surface area contributed by atoms with E-state index in [1.807, 2.05) is 30.0 Å². The minimum atomic E-state index is -0.132. The second kappa shape index (κ2) is 7.09. The molecule has 1 atom stereocenters. The second-order valence-electron chi connectivity index (χ2n) is 5.20. The van der Waals surface area contributed by atoms with Crippen molar-refractivity contribution in [3.05, 3.63) is 28.2 Å². The molecule has 0 radical (unpaired) electrons.